The third-order valence-corrected chi connectivity index (χ3v) is 4.19. The van der Waals surface area contributed by atoms with Crippen molar-refractivity contribution in [2.24, 2.45) is 0 Å². The summed E-state index contributed by atoms with van der Waals surface area (Å²) in [6.07, 6.45) is 1.10. The lowest BCUT2D eigenvalue weighted by Crippen LogP contribution is -2.19. The SMILES string of the molecule is CCCNC(C)c1ccc(F)c(-c2ccsc2C)c1. The molecule has 1 aromatic heterocycles. The van der Waals surface area contributed by atoms with Crippen LogP contribution in [0.3, 0.4) is 0 Å². The normalized spacial score (nSPS) is 12.6. The third-order valence-electron chi connectivity index (χ3n) is 3.34. The number of rotatable bonds is 5. The fourth-order valence-electron chi connectivity index (χ4n) is 2.16. The Hall–Kier alpha value is -1.19. The zero-order valence-corrected chi connectivity index (χ0v) is 12.5. The molecule has 2 aromatic rings. The van der Waals surface area contributed by atoms with E-state index in [2.05, 4.69) is 19.2 Å². The van der Waals surface area contributed by atoms with Crippen molar-refractivity contribution in [1.82, 2.24) is 5.32 Å². The number of nitrogens with one attached hydrogen (secondary N) is 1. The summed E-state index contributed by atoms with van der Waals surface area (Å²) >= 11 is 1.65. The summed E-state index contributed by atoms with van der Waals surface area (Å²) in [5, 5.41) is 5.44. The molecule has 0 aliphatic rings. The Kier molecular flexibility index (Phi) is 4.72. The van der Waals surface area contributed by atoms with Crippen molar-refractivity contribution >= 4 is 11.3 Å². The molecule has 0 saturated heterocycles. The molecule has 0 aliphatic heterocycles. The van der Waals surface area contributed by atoms with Crippen molar-refractivity contribution in [1.29, 1.82) is 0 Å². The van der Waals surface area contributed by atoms with Gasteiger partial charge >= 0.3 is 0 Å². The van der Waals surface area contributed by atoms with E-state index in [1.807, 2.05) is 30.5 Å². The number of halogens is 1. The molecule has 1 heterocycles. The average molecular weight is 277 g/mol. The van der Waals surface area contributed by atoms with E-state index < -0.39 is 0 Å². The van der Waals surface area contributed by atoms with Crippen LogP contribution in [0, 0.1) is 12.7 Å². The number of benzene rings is 1. The Labute approximate surface area is 118 Å². The van der Waals surface area contributed by atoms with Crippen molar-refractivity contribution in [2.45, 2.75) is 33.2 Å². The van der Waals surface area contributed by atoms with E-state index in [1.54, 1.807) is 17.4 Å². The van der Waals surface area contributed by atoms with Gasteiger partial charge in [0.15, 0.2) is 0 Å². The molecule has 0 saturated carbocycles. The highest BCUT2D eigenvalue weighted by atomic mass is 32.1. The van der Waals surface area contributed by atoms with Crippen LogP contribution in [0.1, 0.15) is 36.8 Å². The third kappa shape index (κ3) is 3.23. The largest absolute Gasteiger partial charge is 0.310 e. The van der Waals surface area contributed by atoms with E-state index in [9.17, 15) is 4.39 Å². The second-order valence-electron chi connectivity index (χ2n) is 4.81. The van der Waals surface area contributed by atoms with Crippen molar-refractivity contribution in [3.8, 4) is 11.1 Å². The molecule has 0 fully saturated rings. The van der Waals surface area contributed by atoms with Crippen LogP contribution in [0.4, 0.5) is 4.39 Å². The fourth-order valence-corrected chi connectivity index (χ4v) is 2.87. The molecule has 0 aliphatic carbocycles. The second-order valence-corrected chi connectivity index (χ2v) is 5.93. The molecule has 102 valence electrons. The molecule has 0 amide bonds. The Morgan fingerprint density at radius 1 is 1.26 bits per heavy atom. The minimum Gasteiger partial charge on any atom is -0.310 e. The summed E-state index contributed by atoms with van der Waals surface area (Å²) in [6.45, 7) is 7.27. The summed E-state index contributed by atoms with van der Waals surface area (Å²) < 4.78 is 14.0. The highest BCUT2D eigenvalue weighted by Gasteiger charge is 2.12. The molecule has 1 unspecified atom stereocenters. The first-order chi connectivity index (χ1) is 9.13. The van der Waals surface area contributed by atoms with Crippen LogP contribution in [0.15, 0.2) is 29.6 Å². The molecule has 1 atom stereocenters. The van der Waals surface area contributed by atoms with Gasteiger partial charge in [-0.25, -0.2) is 4.39 Å². The summed E-state index contributed by atoms with van der Waals surface area (Å²) in [6, 6.07) is 7.65. The van der Waals surface area contributed by atoms with E-state index in [0.29, 0.717) is 5.56 Å². The van der Waals surface area contributed by atoms with Crippen molar-refractivity contribution < 1.29 is 4.39 Å². The fraction of sp³-hybridized carbons (Fsp3) is 0.375. The smallest absolute Gasteiger partial charge is 0.131 e. The first kappa shape index (κ1) is 14.2. The minimum atomic E-state index is -0.145. The van der Waals surface area contributed by atoms with Gasteiger partial charge in [-0.2, -0.15) is 0 Å². The van der Waals surface area contributed by atoms with E-state index in [1.165, 1.54) is 0 Å². The summed E-state index contributed by atoms with van der Waals surface area (Å²) in [5.74, 6) is -0.145. The highest BCUT2D eigenvalue weighted by Crippen LogP contribution is 2.31. The van der Waals surface area contributed by atoms with Crippen LogP contribution in [-0.2, 0) is 0 Å². The monoisotopic (exact) mass is 277 g/mol. The second kappa shape index (κ2) is 6.31. The summed E-state index contributed by atoms with van der Waals surface area (Å²) in [5.41, 5.74) is 2.85. The first-order valence-electron chi connectivity index (χ1n) is 6.70. The molecule has 1 nitrogen and oxygen atoms in total. The van der Waals surface area contributed by atoms with E-state index in [4.69, 9.17) is 0 Å². The van der Waals surface area contributed by atoms with Gasteiger partial charge in [0, 0.05) is 16.5 Å². The molecule has 0 bridgehead atoms. The topological polar surface area (TPSA) is 12.0 Å². The molecule has 2 rings (SSSR count). The van der Waals surface area contributed by atoms with Crippen LogP contribution in [0.2, 0.25) is 0 Å². The summed E-state index contributed by atoms with van der Waals surface area (Å²) in [7, 11) is 0. The van der Waals surface area contributed by atoms with Crippen LogP contribution in [0.5, 0.6) is 0 Å². The Balaban J connectivity index is 2.32. The van der Waals surface area contributed by atoms with Crippen LogP contribution in [0.25, 0.3) is 11.1 Å². The first-order valence-corrected chi connectivity index (χ1v) is 7.58. The molecule has 1 N–H and O–H groups in total. The van der Waals surface area contributed by atoms with E-state index >= 15 is 0 Å². The standard InChI is InChI=1S/C16H20FNS/c1-4-8-18-11(2)13-5-6-16(17)15(10-13)14-7-9-19-12(14)3/h5-7,9-11,18H,4,8H2,1-3H3. The van der Waals surface area contributed by atoms with Crippen LogP contribution in [-0.4, -0.2) is 6.54 Å². The van der Waals surface area contributed by atoms with Crippen LogP contribution >= 0.6 is 11.3 Å². The molecule has 3 heteroatoms. The van der Waals surface area contributed by atoms with Gasteiger partial charge in [0.25, 0.3) is 0 Å². The van der Waals surface area contributed by atoms with Gasteiger partial charge in [0.05, 0.1) is 0 Å². The van der Waals surface area contributed by atoms with Crippen molar-refractivity contribution in [2.75, 3.05) is 6.54 Å². The van der Waals surface area contributed by atoms with E-state index in [-0.39, 0.29) is 11.9 Å². The molecular weight excluding hydrogens is 257 g/mol. The quantitative estimate of drug-likeness (QED) is 0.817. The minimum absolute atomic E-state index is 0.145. The van der Waals surface area contributed by atoms with Gasteiger partial charge in [-0.15, -0.1) is 11.3 Å². The van der Waals surface area contributed by atoms with E-state index in [0.717, 1.165) is 29.0 Å². The van der Waals surface area contributed by atoms with Crippen molar-refractivity contribution in [3.63, 3.8) is 0 Å². The average Bonchev–Trinajstić information content (AvgIpc) is 2.82. The van der Waals surface area contributed by atoms with Gasteiger partial charge < -0.3 is 5.32 Å². The molecule has 0 spiro atoms. The lowest BCUT2D eigenvalue weighted by atomic mass is 10.00. The molecule has 19 heavy (non-hydrogen) atoms. The van der Waals surface area contributed by atoms with Crippen molar-refractivity contribution in [3.05, 3.63) is 45.9 Å². The maximum atomic E-state index is 14.0. The van der Waals surface area contributed by atoms with Gasteiger partial charge in [0.1, 0.15) is 5.82 Å². The maximum absolute atomic E-state index is 14.0. The Morgan fingerprint density at radius 3 is 2.68 bits per heavy atom. The van der Waals surface area contributed by atoms with Gasteiger partial charge in [0.2, 0.25) is 0 Å². The van der Waals surface area contributed by atoms with Gasteiger partial charge in [-0.05, 0) is 61.5 Å². The zero-order chi connectivity index (χ0) is 13.8. The van der Waals surface area contributed by atoms with Gasteiger partial charge in [-0.3, -0.25) is 0 Å². The number of thiophene rings is 1. The summed E-state index contributed by atoms with van der Waals surface area (Å²) in [4.78, 5) is 1.16. The lowest BCUT2D eigenvalue weighted by molar-refractivity contribution is 0.568. The number of aryl methyl sites for hydroxylation is 1. The van der Waals surface area contributed by atoms with Gasteiger partial charge in [-0.1, -0.05) is 13.0 Å². The maximum Gasteiger partial charge on any atom is 0.131 e. The number of hydrogen-bond donors (Lipinski definition) is 1. The Bertz CT molecular complexity index is 547. The predicted octanol–water partition coefficient (Wildman–Crippen LogP) is 4.92. The molecule has 0 radical (unpaired) electrons. The highest BCUT2D eigenvalue weighted by molar-refractivity contribution is 7.10. The zero-order valence-electron chi connectivity index (χ0n) is 11.7. The predicted molar refractivity (Wildman–Crippen MR) is 81.2 cm³/mol. The Morgan fingerprint density at radius 2 is 2.05 bits per heavy atom. The molecular formula is C16H20FNS. The number of hydrogen-bond acceptors (Lipinski definition) is 2. The van der Waals surface area contributed by atoms with Crippen LogP contribution < -0.4 is 5.32 Å². The lowest BCUT2D eigenvalue weighted by Gasteiger charge is -2.15. The molecule has 1 aromatic carbocycles.